The van der Waals surface area contributed by atoms with Crippen molar-refractivity contribution in [3.05, 3.63) is 39.8 Å². The maximum Gasteiger partial charge on any atom is 0.259 e. The predicted octanol–water partition coefficient (Wildman–Crippen LogP) is 3.48. The second kappa shape index (κ2) is 5.83. The van der Waals surface area contributed by atoms with Crippen molar-refractivity contribution >= 4 is 23.1 Å². The van der Waals surface area contributed by atoms with E-state index < -0.39 is 0 Å². The van der Waals surface area contributed by atoms with Crippen LogP contribution in [0.25, 0.3) is 5.65 Å². The Balaban J connectivity index is 1.88. The van der Waals surface area contributed by atoms with Gasteiger partial charge in [-0.25, -0.2) is 4.98 Å². The first-order valence-electron chi connectivity index (χ1n) is 7.18. The molecule has 0 aromatic carbocycles. The number of halogens is 1. The van der Waals surface area contributed by atoms with Gasteiger partial charge in [0.05, 0.1) is 5.02 Å². The number of nitrogens with one attached hydrogen (secondary N) is 1. The summed E-state index contributed by atoms with van der Waals surface area (Å²) in [5.74, 6) is 0.671. The first kappa shape index (κ1) is 13.4. The van der Waals surface area contributed by atoms with Crippen LogP contribution in [0.15, 0.2) is 29.2 Å². The molecule has 0 amide bonds. The summed E-state index contributed by atoms with van der Waals surface area (Å²) in [4.78, 5) is 16.6. The van der Waals surface area contributed by atoms with Gasteiger partial charge >= 0.3 is 0 Å². The lowest BCUT2D eigenvalue weighted by Gasteiger charge is -2.17. The van der Waals surface area contributed by atoms with Gasteiger partial charge in [0.2, 0.25) is 0 Å². The summed E-state index contributed by atoms with van der Waals surface area (Å²) < 4.78 is 1.47. The molecule has 1 N–H and O–H groups in total. The van der Waals surface area contributed by atoms with Crippen LogP contribution in [-0.4, -0.2) is 15.4 Å². The van der Waals surface area contributed by atoms with Crippen molar-refractivity contribution in [1.82, 2.24) is 9.38 Å². The number of nitrogens with zero attached hydrogens (tertiary/aromatic N) is 2. The standard InChI is InChI=1S/C15H18ClN3O/c16-11-7-8-14-18-13(9-15(20)19(14)10-11)17-12-5-3-1-2-4-6-12/h7-10,12,17H,1-6H2. The lowest BCUT2D eigenvalue weighted by molar-refractivity contribution is 0.617. The van der Waals surface area contributed by atoms with Gasteiger partial charge in [0, 0.05) is 18.3 Å². The zero-order valence-electron chi connectivity index (χ0n) is 11.3. The van der Waals surface area contributed by atoms with Crippen LogP contribution in [0.5, 0.6) is 0 Å². The van der Waals surface area contributed by atoms with Crippen molar-refractivity contribution in [2.45, 2.75) is 44.6 Å². The first-order valence-corrected chi connectivity index (χ1v) is 7.56. The minimum absolute atomic E-state index is 0.103. The maximum absolute atomic E-state index is 12.1. The van der Waals surface area contributed by atoms with Gasteiger partial charge in [0.25, 0.3) is 5.56 Å². The summed E-state index contributed by atoms with van der Waals surface area (Å²) in [6, 6.07) is 5.49. The van der Waals surface area contributed by atoms with Crippen LogP contribution in [0.3, 0.4) is 0 Å². The molecule has 1 aliphatic rings. The lowest BCUT2D eigenvalue weighted by Crippen LogP contribution is -2.22. The van der Waals surface area contributed by atoms with E-state index in [2.05, 4.69) is 10.3 Å². The molecule has 0 unspecified atom stereocenters. The molecule has 0 saturated heterocycles. The van der Waals surface area contributed by atoms with Crippen LogP contribution in [-0.2, 0) is 0 Å². The van der Waals surface area contributed by atoms with Crippen LogP contribution in [0.4, 0.5) is 5.82 Å². The van der Waals surface area contributed by atoms with E-state index in [1.165, 1.54) is 30.1 Å². The Hall–Kier alpha value is -1.55. The maximum atomic E-state index is 12.1. The average Bonchev–Trinajstić information content (AvgIpc) is 2.68. The Morgan fingerprint density at radius 3 is 2.70 bits per heavy atom. The van der Waals surface area contributed by atoms with Crippen LogP contribution in [0, 0.1) is 0 Å². The van der Waals surface area contributed by atoms with Gasteiger partial charge in [0.1, 0.15) is 11.5 Å². The van der Waals surface area contributed by atoms with Crippen molar-refractivity contribution < 1.29 is 0 Å². The summed E-state index contributed by atoms with van der Waals surface area (Å²) in [7, 11) is 0. The highest BCUT2D eigenvalue weighted by atomic mass is 35.5. The molecule has 2 aromatic heterocycles. The molecule has 0 radical (unpaired) electrons. The average molecular weight is 292 g/mol. The molecular formula is C15H18ClN3O. The topological polar surface area (TPSA) is 46.4 Å². The number of hydrogen-bond acceptors (Lipinski definition) is 3. The summed E-state index contributed by atoms with van der Waals surface area (Å²) >= 11 is 5.90. The third kappa shape index (κ3) is 2.96. The fourth-order valence-electron chi connectivity index (χ4n) is 2.78. The number of anilines is 1. The molecule has 5 heteroatoms. The zero-order chi connectivity index (χ0) is 13.9. The van der Waals surface area contributed by atoms with Crippen LogP contribution < -0.4 is 10.9 Å². The van der Waals surface area contributed by atoms with Crippen molar-refractivity contribution in [3.8, 4) is 0 Å². The monoisotopic (exact) mass is 291 g/mol. The highest BCUT2D eigenvalue weighted by Crippen LogP contribution is 2.20. The number of hydrogen-bond donors (Lipinski definition) is 1. The van der Waals surface area contributed by atoms with Gasteiger partial charge < -0.3 is 5.32 Å². The van der Waals surface area contributed by atoms with E-state index in [0.29, 0.717) is 22.5 Å². The molecule has 0 spiro atoms. The number of rotatable bonds is 2. The molecule has 1 aliphatic carbocycles. The summed E-state index contributed by atoms with van der Waals surface area (Å²) in [5.41, 5.74) is 0.520. The fraction of sp³-hybridized carbons (Fsp3) is 0.467. The summed E-state index contributed by atoms with van der Waals surface area (Å²) in [5, 5.41) is 3.94. The SMILES string of the molecule is O=c1cc(NC2CCCCCC2)nc2ccc(Cl)cn12. The second-order valence-corrected chi connectivity index (χ2v) is 5.82. The minimum atomic E-state index is -0.103. The molecule has 1 fully saturated rings. The number of pyridine rings is 1. The number of aromatic nitrogens is 2. The van der Waals surface area contributed by atoms with E-state index in [0.717, 1.165) is 12.8 Å². The smallest absolute Gasteiger partial charge is 0.259 e. The Labute approximate surface area is 122 Å². The molecule has 2 aromatic rings. The summed E-state index contributed by atoms with van der Waals surface area (Å²) in [6.45, 7) is 0. The van der Waals surface area contributed by atoms with E-state index in [-0.39, 0.29) is 5.56 Å². The predicted molar refractivity (Wildman–Crippen MR) is 81.6 cm³/mol. The van der Waals surface area contributed by atoms with Crippen molar-refractivity contribution in [2.24, 2.45) is 0 Å². The molecule has 1 saturated carbocycles. The highest BCUT2D eigenvalue weighted by Gasteiger charge is 2.13. The van der Waals surface area contributed by atoms with Gasteiger partial charge in [-0.1, -0.05) is 37.3 Å². The van der Waals surface area contributed by atoms with E-state index in [9.17, 15) is 4.79 Å². The lowest BCUT2D eigenvalue weighted by atomic mass is 10.1. The van der Waals surface area contributed by atoms with Crippen LogP contribution in [0.2, 0.25) is 5.02 Å². The fourth-order valence-corrected chi connectivity index (χ4v) is 2.94. The van der Waals surface area contributed by atoms with Crippen LogP contribution >= 0.6 is 11.6 Å². The molecule has 4 nitrogen and oxygen atoms in total. The van der Waals surface area contributed by atoms with Gasteiger partial charge in [-0.3, -0.25) is 9.20 Å². The molecule has 0 atom stereocenters. The quantitative estimate of drug-likeness (QED) is 0.862. The van der Waals surface area contributed by atoms with E-state index >= 15 is 0 Å². The van der Waals surface area contributed by atoms with Crippen molar-refractivity contribution in [1.29, 1.82) is 0 Å². The minimum Gasteiger partial charge on any atom is -0.367 e. The molecule has 106 valence electrons. The van der Waals surface area contributed by atoms with Gasteiger partial charge in [0.15, 0.2) is 0 Å². The molecule has 2 heterocycles. The van der Waals surface area contributed by atoms with Crippen molar-refractivity contribution in [3.63, 3.8) is 0 Å². The summed E-state index contributed by atoms with van der Waals surface area (Å²) in [6.07, 6.45) is 9.03. The Morgan fingerprint density at radius 2 is 1.95 bits per heavy atom. The number of fused-ring (bicyclic) bond motifs is 1. The molecular weight excluding hydrogens is 274 g/mol. The Bertz CT molecular complexity index is 660. The van der Waals surface area contributed by atoms with Crippen molar-refractivity contribution in [2.75, 3.05) is 5.32 Å². The van der Waals surface area contributed by atoms with Crippen LogP contribution in [0.1, 0.15) is 38.5 Å². The third-order valence-corrected chi connectivity index (χ3v) is 4.05. The molecule has 3 rings (SSSR count). The van der Waals surface area contributed by atoms with Gasteiger partial charge in [-0.05, 0) is 25.0 Å². The molecule has 0 bridgehead atoms. The molecule has 0 aliphatic heterocycles. The second-order valence-electron chi connectivity index (χ2n) is 5.39. The normalized spacial score (nSPS) is 17.1. The first-order chi connectivity index (χ1) is 9.72. The van der Waals surface area contributed by atoms with Gasteiger partial charge in [-0.15, -0.1) is 0 Å². The highest BCUT2D eigenvalue weighted by molar-refractivity contribution is 6.30. The van der Waals surface area contributed by atoms with E-state index in [1.54, 1.807) is 24.4 Å². The Morgan fingerprint density at radius 1 is 1.20 bits per heavy atom. The Kier molecular flexibility index (Phi) is 3.92. The van der Waals surface area contributed by atoms with E-state index in [1.807, 2.05) is 0 Å². The zero-order valence-corrected chi connectivity index (χ0v) is 12.1. The third-order valence-electron chi connectivity index (χ3n) is 3.83. The molecule has 20 heavy (non-hydrogen) atoms. The van der Waals surface area contributed by atoms with Gasteiger partial charge in [-0.2, -0.15) is 0 Å². The largest absolute Gasteiger partial charge is 0.367 e. The van der Waals surface area contributed by atoms with E-state index in [4.69, 9.17) is 11.6 Å².